The van der Waals surface area contributed by atoms with Gasteiger partial charge in [-0.05, 0) is 26.2 Å². The van der Waals surface area contributed by atoms with Crippen molar-refractivity contribution in [3.05, 3.63) is 16.9 Å². The van der Waals surface area contributed by atoms with E-state index in [1.54, 1.807) is 10.9 Å². The zero-order valence-electron chi connectivity index (χ0n) is 11.2. The van der Waals surface area contributed by atoms with Gasteiger partial charge in [0, 0.05) is 12.5 Å². The van der Waals surface area contributed by atoms with E-state index >= 15 is 0 Å². The molecule has 0 amide bonds. The van der Waals surface area contributed by atoms with Gasteiger partial charge in [-0.25, -0.2) is 0 Å². The summed E-state index contributed by atoms with van der Waals surface area (Å²) in [5.41, 5.74) is 0.588. The number of hydrogen-bond acceptors (Lipinski definition) is 2. The molecule has 1 aromatic heterocycles. The number of carbonyl (C=O) groups is 1. The monoisotopic (exact) mass is 268 g/mol. The number of aromatic nitrogens is 2. The van der Waals surface area contributed by atoms with E-state index in [2.05, 4.69) is 5.10 Å². The normalized spacial score (nSPS) is 16.7. The topological polar surface area (TPSA) is 34.9 Å². The van der Waals surface area contributed by atoms with Crippen LogP contribution in [-0.4, -0.2) is 15.6 Å². The average molecular weight is 269 g/mol. The molecule has 3 nitrogen and oxygen atoms in total. The summed E-state index contributed by atoms with van der Waals surface area (Å²) in [6, 6.07) is 0.169. The molecule has 18 heavy (non-hydrogen) atoms. The van der Waals surface area contributed by atoms with Crippen LogP contribution in [0.25, 0.3) is 0 Å². The number of Topliss-reactive ketones (excluding diaryl/α,β-unsaturated/α-hetero) is 1. The SMILES string of the molecule is CC(C)n1ncc(Cl)c1C(=O)CCC1CCCC1. The van der Waals surface area contributed by atoms with Crippen LogP contribution in [0.4, 0.5) is 0 Å². The summed E-state index contributed by atoms with van der Waals surface area (Å²) < 4.78 is 1.74. The zero-order chi connectivity index (χ0) is 13.1. The van der Waals surface area contributed by atoms with Gasteiger partial charge in [-0.3, -0.25) is 9.48 Å². The number of rotatable bonds is 5. The molecule has 2 rings (SSSR count). The van der Waals surface area contributed by atoms with Gasteiger partial charge in [0.15, 0.2) is 5.78 Å². The van der Waals surface area contributed by atoms with E-state index in [1.165, 1.54) is 25.7 Å². The Kier molecular flexibility index (Phi) is 4.44. The van der Waals surface area contributed by atoms with Crippen LogP contribution in [0.1, 0.15) is 68.9 Å². The second kappa shape index (κ2) is 5.87. The maximum atomic E-state index is 12.3. The van der Waals surface area contributed by atoms with E-state index in [-0.39, 0.29) is 11.8 Å². The van der Waals surface area contributed by atoms with Gasteiger partial charge in [-0.1, -0.05) is 37.3 Å². The summed E-state index contributed by atoms with van der Waals surface area (Å²) in [4.78, 5) is 12.3. The van der Waals surface area contributed by atoms with Crippen molar-refractivity contribution in [2.75, 3.05) is 0 Å². The summed E-state index contributed by atoms with van der Waals surface area (Å²) in [5.74, 6) is 0.876. The third-order valence-electron chi connectivity index (χ3n) is 3.76. The van der Waals surface area contributed by atoms with Crippen LogP contribution in [0.15, 0.2) is 6.20 Å². The predicted octanol–water partition coefficient (Wildman–Crippen LogP) is 4.27. The highest BCUT2D eigenvalue weighted by molar-refractivity contribution is 6.33. The third-order valence-corrected chi connectivity index (χ3v) is 4.04. The summed E-state index contributed by atoms with van der Waals surface area (Å²) in [5, 5.41) is 4.67. The number of ketones is 1. The van der Waals surface area contributed by atoms with Crippen molar-refractivity contribution >= 4 is 17.4 Å². The van der Waals surface area contributed by atoms with Gasteiger partial charge < -0.3 is 0 Å². The predicted molar refractivity (Wildman–Crippen MR) is 73.1 cm³/mol. The van der Waals surface area contributed by atoms with E-state index in [1.807, 2.05) is 13.8 Å². The second-order valence-electron chi connectivity index (χ2n) is 5.49. The van der Waals surface area contributed by atoms with E-state index < -0.39 is 0 Å². The van der Waals surface area contributed by atoms with Crippen molar-refractivity contribution in [2.45, 2.75) is 58.4 Å². The van der Waals surface area contributed by atoms with E-state index in [0.717, 1.165) is 12.3 Å². The van der Waals surface area contributed by atoms with Gasteiger partial charge in [0.25, 0.3) is 0 Å². The number of nitrogens with zero attached hydrogens (tertiary/aromatic N) is 2. The fourth-order valence-corrected chi connectivity index (χ4v) is 2.98. The van der Waals surface area contributed by atoms with Gasteiger partial charge in [0.05, 0.1) is 11.2 Å². The molecule has 0 radical (unpaired) electrons. The van der Waals surface area contributed by atoms with Gasteiger partial charge in [0.2, 0.25) is 0 Å². The van der Waals surface area contributed by atoms with Crippen molar-refractivity contribution in [1.29, 1.82) is 0 Å². The molecule has 0 aliphatic heterocycles. The molecule has 1 heterocycles. The van der Waals surface area contributed by atoms with Crippen LogP contribution < -0.4 is 0 Å². The quantitative estimate of drug-likeness (QED) is 0.748. The highest BCUT2D eigenvalue weighted by Gasteiger charge is 2.21. The molecule has 0 N–H and O–H groups in total. The molecule has 1 fully saturated rings. The lowest BCUT2D eigenvalue weighted by Gasteiger charge is -2.12. The Bertz CT molecular complexity index is 419. The van der Waals surface area contributed by atoms with Crippen molar-refractivity contribution in [3.63, 3.8) is 0 Å². The van der Waals surface area contributed by atoms with Crippen LogP contribution in [0.2, 0.25) is 5.02 Å². The Balaban J connectivity index is 2.01. The minimum absolute atomic E-state index is 0.137. The number of carbonyl (C=O) groups excluding carboxylic acids is 1. The molecule has 0 bridgehead atoms. The first-order chi connectivity index (χ1) is 8.59. The average Bonchev–Trinajstić information content (AvgIpc) is 2.94. The molecule has 0 saturated heterocycles. The lowest BCUT2D eigenvalue weighted by atomic mass is 9.99. The van der Waals surface area contributed by atoms with E-state index in [0.29, 0.717) is 17.1 Å². The molecule has 0 aromatic carbocycles. The first-order valence-electron chi connectivity index (χ1n) is 6.85. The molecule has 1 aromatic rings. The lowest BCUT2D eigenvalue weighted by Crippen LogP contribution is -2.13. The van der Waals surface area contributed by atoms with Crippen molar-refractivity contribution < 1.29 is 4.79 Å². The molecular weight excluding hydrogens is 248 g/mol. The first kappa shape index (κ1) is 13.6. The molecule has 1 aliphatic carbocycles. The molecular formula is C14H21ClN2O. The lowest BCUT2D eigenvalue weighted by molar-refractivity contribution is 0.0961. The summed E-state index contributed by atoms with van der Waals surface area (Å²) >= 11 is 6.08. The minimum Gasteiger partial charge on any atom is -0.292 e. The van der Waals surface area contributed by atoms with Crippen LogP contribution in [-0.2, 0) is 0 Å². The highest BCUT2D eigenvalue weighted by atomic mass is 35.5. The van der Waals surface area contributed by atoms with E-state index in [4.69, 9.17) is 11.6 Å². The molecule has 0 atom stereocenters. The third kappa shape index (κ3) is 2.94. The fourth-order valence-electron chi connectivity index (χ4n) is 2.75. The number of hydrogen-bond donors (Lipinski definition) is 0. The smallest absolute Gasteiger partial charge is 0.182 e. The van der Waals surface area contributed by atoms with Gasteiger partial charge in [-0.15, -0.1) is 0 Å². The Morgan fingerprint density at radius 1 is 1.50 bits per heavy atom. The van der Waals surface area contributed by atoms with E-state index in [9.17, 15) is 4.79 Å². The van der Waals surface area contributed by atoms with Gasteiger partial charge in [-0.2, -0.15) is 5.10 Å². The molecule has 0 spiro atoms. The van der Waals surface area contributed by atoms with Crippen molar-refractivity contribution in [1.82, 2.24) is 9.78 Å². The Morgan fingerprint density at radius 2 is 2.17 bits per heavy atom. The van der Waals surface area contributed by atoms with Crippen molar-refractivity contribution in [3.8, 4) is 0 Å². The van der Waals surface area contributed by atoms with Crippen LogP contribution in [0.5, 0.6) is 0 Å². The Hall–Kier alpha value is -0.830. The summed E-state index contributed by atoms with van der Waals surface area (Å²) in [6.07, 6.45) is 8.38. The van der Waals surface area contributed by atoms with Crippen LogP contribution in [0.3, 0.4) is 0 Å². The first-order valence-corrected chi connectivity index (χ1v) is 7.23. The van der Waals surface area contributed by atoms with Crippen LogP contribution in [0, 0.1) is 5.92 Å². The fraction of sp³-hybridized carbons (Fsp3) is 0.714. The van der Waals surface area contributed by atoms with Crippen molar-refractivity contribution in [2.24, 2.45) is 5.92 Å². The Morgan fingerprint density at radius 3 is 2.78 bits per heavy atom. The zero-order valence-corrected chi connectivity index (χ0v) is 11.9. The Labute approximate surface area is 114 Å². The van der Waals surface area contributed by atoms with Crippen LogP contribution >= 0.6 is 11.6 Å². The highest BCUT2D eigenvalue weighted by Crippen LogP contribution is 2.30. The largest absolute Gasteiger partial charge is 0.292 e. The molecule has 4 heteroatoms. The number of halogens is 1. The summed E-state index contributed by atoms with van der Waals surface area (Å²) in [6.45, 7) is 4.02. The van der Waals surface area contributed by atoms with Gasteiger partial charge >= 0.3 is 0 Å². The second-order valence-corrected chi connectivity index (χ2v) is 5.90. The maximum Gasteiger partial charge on any atom is 0.182 e. The molecule has 0 unspecified atom stereocenters. The maximum absolute atomic E-state index is 12.3. The minimum atomic E-state index is 0.137. The summed E-state index contributed by atoms with van der Waals surface area (Å²) in [7, 11) is 0. The van der Waals surface area contributed by atoms with Gasteiger partial charge in [0.1, 0.15) is 5.69 Å². The molecule has 100 valence electrons. The standard InChI is InChI=1S/C14H21ClN2O/c1-10(2)17-14(12(15)9-16-17)13(18)8-7-11-5-3-4-6-11/h9-11H,3-8H2,1-2H3. The molecule has 1 saturated carbocycles. The molecule has 1 aliphatic rings.